The number of hydrogen-bond acceptors (Lipinski definition) is 3. The zero-order chi connectivity index (χ0) is 11.5. The molecule has 0 fully saturated rings. The second-order valence-corrected chi connectivity index (χ2v) is 6.25. The van der Waals surface area contributed by atoms with Gasteiger partial charge in [0.25, 0.3) is 0 Å². The van der Waals surface area contributed by atoms with E-state index in [0.717, 1.165) is 5.69 Å². The quantitative estimate of drug-likeness (QED) is 0.909. The Morgan fingerprint density at radius 3 is 2.81 bits per heavy atom. The number of halogens is 1. The second-order valence-electron chi connectivity index (χ2n) is 3.76. The monoisotopic (exact) mass is 296 g/mol. The van der Waals surface area contributed by atoms with Crippen LogP contribution in [0, 0.1) is 6.92 Å². The fourth-order valence-electron chi connectivity index (χ4n) is 1.52. The lowest BCUT2D eigenvalue weighted by Crippen LogP contribution is -2.05. The Hall–Kier alpha value is -0.870. The number of pyridine rings is 1. The molecule has 0 saturated carbocycles. The molecule has 1 N–H and O–H groups in total. The number of aromatic nitrogens is 1. The average Bonchev–Trinajstić information content (AvgIpc) is 2.65. The topological polar surface area (TPSA) is 24.9 Å². The SMILES string of the molecule is Cc1cncc(NC(C)c2ccc(Br)s2)c1. The van der Waals surface area contributed by atoms with E-state index >= 15 is 0 Å². The summed E-state index contributed by atoms with van der Waals surface area (Å²) in [6.07, 6.45) is 3.71. The van der Waals surface area contributed by atoms with Crippen LogP contribution in [0.2, 0.25) is 0 Å². The second kappa shape index (κ2) is 4.97. The summed E-state index contributed by atoms with van der Waals surface area (Å²) in [6, 6.07) is 6.62. The first-order valence-electron chi connectivity index (χ1n) is 5.08. The van der Waals surface area contributed by atoms with Crippen LogP contribution in [0.4, 0.5) is 5.69 Å². The van der Waals surface area contributed by atoms with Crippen LogP contribution in [-0.2, 0) is 0 Å². The van der Waals surface area contributed by atoms with E-state index in [-0.39, 0.29) is 0 Å². The van der Waals surface area contributed by atoms with E-state index in [2.05, 4.69) is 51.4 Å². The number of nitrogens with zero attached hydrogens (tertiary/aromatic N) is 1. The zero-order valence-electron chi connectivity index (χ0n) is 9.20. The van der Waals surface area contributed by atoms with E-state index in [4.69, 9.17) is 0 Å². The summed E-state index contributed by atoms with van der Waals surface area (Å²) in [5.74, 6) is 0. The lowest BCUT2D eigenvalue weighted by atomic mass is 10.2. The van der Waals surface area contributed by atoms with Gasteiger partial charge in [0.1, 0.15) is 0 Å². The molecule has 1 atom stereocenters. The predicted octanol–water partition coefficient (Wildman–Crippen LogP) is 4.39. The molecule has 0 aliphatic carbocycles. The van der Waals surface area contributed by atoms with Crippen LogP contribution >= 0.6 is 27.3 Å². The third kappa shape index (κ3) is 2.83. The summed E-state index contributed by atoms with van der Waals surface area (Å²) in [5.41, 5.74) is 2.24. The Morgan fingerprint density at radius 1 is 1.38 bits per heavy atom. The molecule has 2 nitrogen and oxygen atoms in total. The molecule has 2 aromatic rings. The number of aryl methyl sites for hydroxylation is 1. The molecule has 2 aromatic heterocycles. The van der Waals surface area contributed by atoms with Gasteiger partial charge in [-0.2, -0.15) is 0 Å². The number of thiophene rings is 1. The van der Waals surface area contributed by atoms with Crippen molar-refractivity contribution < 1.29 is 0 Å². The van der Waals surface area contributed by atoms with Crippen molar-refractivity contribution in [3.63, 3.8) is 0 Å². The maximum absolute atomic E-state index is 4.17. The van der Waals surface area contributed by atoms with Crippen molar-refractivity contribution in [2.45, 2.75) is 19.9 Å². The molecular weight excluding hydrogens is 284 g/mol. The summed E-state index contributed by atoms with van der Waals surface area (Å²) < 4.78 is 1.17. The molecule has 2 heterocycles. The van der Waals surface area contributed by atoms with Crippen LogP contribution in [-0.4, -0.2) is 4.98 Å². The number of nitrogens with one attached hydrogen (secondary N) is 1. The van der Waals surface area contributed by atoms with E-state index in [1.807, 2.05) is 19.3 Å². The summed E-state index contributed by atoms with van der Waals surface area (Å²) >= 11 is 5.23. The van der Waals surface area contributed by atoms with Gasteiger partial charge < -0.3 is 5.32 Å². The molecule has 0 radical (unpaired) electrons. The fraction of sp³-hybridized carbons (Fsp3) is 0.250. The molecule has 84 valence electrons. The maximum Gasteiger partial charge on any atom is 0.0702 e. The molecule has 0 aromatic carbocycles. The molecule has 2 rings (SSSR count). The minimum atomic E-state index is 0.305. The fourth-order valence-corrected chi connectivity index (χ4v) is 2.94. The number of rotatable bonds is 3. The van der Waals surface area contributed by atoms with Gasteiger partial charge in [0.05, 0.1) is 15.5 Å². The minimum absolute atomic E-state index is 0.305. The van der Waals surface area contributed by atoms with Gasteiger partial charge in [-0.15, -0.1) is 11.3 Å². The van der Waals surface area contributed by atoms with Crippen molar-refractivity contribution in [2.75, 3.05) is 5.32 Å². The van der Waals surface area contributed by atoms with Crippen molar-refractivity contribution >= 4 is 33.0 Å². The summed E-state index contributed by atoms with van der Waals surface area (Å²) in [5, 5.41) is 3.44. The van der Waals surface area contributed by atoms with Crippen molar-refractivity contribution in [3.8, 4) is 0 Å². The van der Waals surface area contributed by atoms with Gasteiger partial charge in [-0.3, -0.25) is 4.98 Å². The smallest absolute Gasteiger partial charge is 0.0702 e. The highest BCUT2D eigenvalue weighted by atomic mass is 79.9. The van der Waals surface area contributed by atoms with Gasteiger partial charge >= 0.3 is 0 Å². The Balaban J connectivity index is 2.10. The van der Waals surface area contributed by atoms with Crippen LogP contribution in [0.15, 0.2) is 34.4 Å². The summed E-state index contributed by atoms with van der Waals surface area (Å²) in [4.78, 5) is 5.48. The van der Waals surface area contributed by atoms with Gasteiger partial charge in [0.2, 0.25) is 0 Å². The van der Waals surface area contributed by atoms with E-state index in [1.54, 1.807) is 11.3 Å². The lowest BCUT2D eigenvalue weighted by Gasteiger charge is -2.13. The molecule has 16 heavy (non-hydrogen) atoms. The molecule has 1 unspecified atom stereocenters. The maximum atomic E-state index is 4.17. The van der Waals surface area contributed by atoms with Gasteiger partial charge in [0.15, 0.2) is 0 Å². The first kappa shape index (κ1) is 11.6. The molecule has 0 saturated heterocycles. The van der Waals surface area contributed by atoms with Crippen molar-refractivity contribution in [1.82, 2.24) is 4.98 Å². The minimum Gasteiger partial charge on any atom is -0.376 e. The third-order valence-electron chi connectivity index (χ3n) is 2.28. The van der Waals surface area contributed by atoms with Gasteiger partial charge in [-0.25, -0.2) is 0 Å². The van der Waals surface area contributed by atoms with Gasteiger partial charge in [0, 0.05) is 17.3 Å². The molecule has 4 heteroatoms. The standard InChI is InChI=1S/C12H13BrN2S/c1-8-5-10(7-14-6-8)15-9(2)11-3-4-12(13)16-11/h3-7,9,15H,1-2H3. The van der Waals surface area contributed by atoms with E-state index in [1.165, 1.54) is 14.2 Å². The summed E-state index contributed by atoms with van der Waals surface area (Å²) in [7, 11) is 0. The Bertz CT molecular complexity index is 481. The highest BCUT2D eigenvalue weighted by Gasteiger charge is 2.07. The average molecular weight is 297 g/mol. The third-order valence-corrected chi connectivity index (χ3v) is 4.09. The Morgan fingerprint density at radius 2 is 2.19 bits per heavy atom. The van der Waals surface area contributed by atoms with Crippen LogP contribution in [0.1, 0.15) is 23.4 Å². The van der Waals surface area contributed by atoms with Crippen LogP contribution < -0.4 is 5.32 Å². The predicted molar refractivity (Wildman–Crippen MR) is 73.0 cm³/mol. The van der Waals surface area contributed by atoms with E-state index in [9.17, 15) is 0 Å². The van der Waals surface area contributed by atoms with Crippen LogP contribution in [0.3, 0.4) is 0 Å². The first-order valence-corrected chi connectivity index (χ1v) is 6.69. The van der Waals surface area contributed by atoms with E-state index < -0.39 is 0 Å². The molecule has 0 aliphatic heterocycles. The number of anilines is 1. The molecule has 0 aliphatic rings. The van der Waals surface area contributed by atoms with Crippen molar-refractivity contribution in [3.05, 3.63) is 44.8 Å². The molecule has 0 spiro atoms. The Kier molecular flexibility index (Phi) is 3.61. The highest BCUT2D eigenvalue weighted by Crippen LogP contribution is 2.29. The molecule has 0 bridgehead atoms. The van der Waals surface area contributed by atoms with Crippen LogP contribution in [0.5, 0.6) is 0 Å². The molecular formula is C12H13BrN2S. The van der Waals surface area contributed by atoms with Crippen LogP contribution in [0.25, 0.3) is 0 Å². The highest BCUT2D eigenvalue weighted by molar-refractivity contribution is 9.11. The van der Waals surface area contributed by atoms with Gasteiger partial charge in [-0.1, -0.05) is 0 Å². The van der Waals surface area contributed by atoms with Crippen molar-refractivity contribution in [1.29, 1.82) is 0 Å². The van der Waals surface area contributed by atoms with E-state index in [0.29, 0.717) is 6.04 Å². The Labute approximate surface area is 108 Å². The zero-order valence-corrected chi connectivity index (χ0v) is 11.6. The number of hydrogen-bond donors (Lipinski definition) is 1. The van der Waals surface area contributed by atoms with Gasteiger partial charge in [-0.05, 0) is 53.5 Å². The normalized spacial score (nSPS) is 12.4. The van der Waals surface area contributed by atoms with Crippen molar-refractivity contribution in [2.24, 2.45) is 0 Å². The largest absolute Gasteiger partial charge is 0.376 e. The first-order chi connectivity index (χ1) is 7.65. The molecule has 0 amide bonds. The lowest BCUT2D eigenvalue weighted by molar-refractivity contribution is 0.905. The summed E-state index contributed by atoms with van der Waals surface area (Å²) in [6.45, 7) is 4.20.